The molecule has 0 unspecified atom stereocenters. The van der Waals surface area contributed by atoms with Crippen LogP contribution in [0.2, 0.25) is 0 Å². The van der Waals surface area contributed by atoms with Crippen molar-refractivity contribution in [3.63, 3.8) is 0 Å². The van der Waals surface area contributed by atoms with E-state index in [-0.39, 0.29) is 19.0 Å². The highest BCUT2D eigenvalue weighted by Crippen LogP contribution is 2.36. The number of benzene rings is 2. The Morgan fingerprint density at radius 1 is 1.06 bits per heavy atom. The number of nitrogens with zero attached hydrogens (tertiary/aromatic N) is 2. The van der Waals surface area contributed by atoms with E-state index in [4.69, 9.17) is 14.2 Å². The first kappa shape index (κ1) is 20.2. The Hall–Kier alpha value is -3.71. The van der Waals surface area contributed by atoms with Gasteiger partial charge in [0, 0.05) is 16.6 Å². The highest BCUT2D eigenvalue weighted by atomic mass is 19.1. The Kier molecular flexibility index (Phi) is 5.33. The zero-order valence-electron chi connectivity index (χ0n) is 17.4. The molecule has 0 amide bonds. The van der Waals surface area contributed by atoms with E-state index in [1.54, 1.807) is 36.5 Å². The zero-order chi connectivity index (χ0) is 22.1. The lowest BCUT2D eigenvalue weighted by Crippen LogP contribution is -2.35. The van der Waals surface area contributed by atoms with Crippen LogP contribution in [0.4, 0.5) is 4.39 Å². The van der Waals surface area contributed by atoms with Gasteiger partial charge < -0.3 is 19.3 Å². The highest BCUT2D eigenvalue weighted by Gasteiger charge is 2.31. The molecule has 3 heterocycles. The van der Waals surface area contributed by atoms with Crippen molar-refractivity contribution >= 4 is 10.9 Å². The molecule has 5 rings (SSSR count). The fourth-order valence-electron chi connectivity index (χ4n) is 3.62. The van der Waals surface area contributed by atoms with Crippen LogP contribution in [-0.2, 0) is 6.61 Å². The second kappa shape index (κ2) is 8.43. The first-order valence-corrected chi connectivity index (χ1v) is 10.3. The first-order chi connectivity index (χ1) is 15.5. The van der Waals surface area contributed by atoms with Gasteiger partial charge in [-0.1, -0.05) is 6.07 Å². The lowest BCUT2D eigenvalue weighted by molar-refractivity contribution is -0.0106. The smallest absolute Gasteiger partial charge is 0.163 e. The molecule has 162 valence electrons. The molecule has 0 saturated carbocycles. The van der Waals surface area contributed by atoms with Gasteiger partial charge in [0.05, 0.1) is 17.4 Å². The number of hydrogen-bond acceptors (Lipinski definition) is 6. The maximum absolute atomic E-state index is 13.3. The molecular weight excluding hydrogens is 411 g/mol. The minimum Gasteiger partial charge on any atom is -0.489 e. The van der Waals surface area contributed by atoms with Gasteiger partial charge >= 0.3 is 0 Å². The number of aliphatic hydroxyl groups is 1. The summed E-state index contributed by atoms with van der Waals surface area (Å²) in [6.45, 7) is 2.36. The van der Waals surface area contributed by atoms with Crippen LogP contribution in [-0.4, -0.2) is 27.8 Å². The van der Waals surface area contributed by atoms with E-state index in [0.717, 1.165) is 11.1 Å². The predicted octanol–water partition coefficient (Wildman–Crippen LogP) is 4.53. The molecule has 1 aliphatic heterocycles. The molecule has 0 aliphatic carbocycles. The van der Waals surface area contributed by atoms with E-state index < -0.39 is 12.2 Å². The molecule has 6 nitrogen and oxygen atoms in total. The van der Waals surface area contributed by atoms with Crippen molar-refractivity contribution in [1.82, 2.24) is 9.97 Å². The summed E-state index contributed by atoms with van der Waals surface area (Å²) >= 11 is 0. The lowest BCUT2D eigenvalue weighted by Gasteiger charge is -2.30. The summed E-state index contributed by atoms with van der Waals surface area (Å²) in [7, 11) is 0. The summed E-state index contributed by atoms with van der Waals surface area (Å²) in [4.78, 5) is 8.72. The molecule has 0 spiro atoms. The van der Waals surface area contributed by atoms with Gasteiger partial charge in [-0.05, 0) is 61.5 Å². The monoisotopic (exact) mass is 432 g/mol. The Labute approximate surface area is 184 Å². The molecule has 0 fully saturated rings. The second-order valence-electron chi connectivity index (χ2n) is 7.68. The minimum absolute atomic E-state index is 0.226. The summed E-state index contributed by atoms with van der Waals surface area (Å²) in [5.74, 6) is 1.45. The molecule has 2 atom stereocenters. The van der Waals surface area contributed by atoms with Gasteiger partial charge in [0.2, 0.25) is 0 Å². The van der Waals surface area contributed by atoms with Gasteiger partial charge in [0.25, 0.3) is 0 Å². The van der Waals surface area contributed by atoms with Crippen molar-refractivity contribution in [1.29, 1.82) is 0 Å². The zero-order valence-corrected chi connectivity index (χ0v) is 17.4. The quantitative estimate of drug-likeness (QED) is 0.500. The van der Waals surface area contributed by atoms with Crippen LogP contribution < -0.4 is 14.2 Å². The third kappa shape index (κ3) is 4.20. The van der Waals surface area contributed by atoms with E-state index in [0.29, 0.717) is 34.0 Å². The van der Waals surface area contributed by atoms with E-state index in [1.165, 1.54) is 12.1 Å². The first-order valence-electron chi connectivity index (χ1n) is 10.3. The normalized spacial score (nSPS) is 17.5. The fourth-order valence-corrected chi connectivity index (χ4v) is 3.62. The Balaban J connectivity index is 1.29. The lowest BCUT2D eigenvalue weighted by atomic mass is 10.0. The molecule has 4 aromatic rings. The number of pyridine rings is 2. The number of aromatic nitrogens is 2. The van der Waals surface area contributed by atoms with E-state index >= 15 is 0 Å². The topological polar surface area (TPSA) is 73.7 Å². The van der Waals surface area contributed by atoms with Crippen molar-refractivity contribution in [2.24, 2.45) is 0 Å². The molecular formula is C25H21FN2O4. The van der Waals surface area contributed by atoms with Crippen LogP contribution in [0.5, 0.6) is 17.2 Å². The van der Waals surface area contributed by atoms with E-state index in [1.807, 2.05) is 25.1 Å². The number of rotatable bonds is 5. The van der Waals surface area contributed by atoms with Gasteiger partial charge in [-0.15, -0.1) is 0 Å². The van der Waals surface area contributed by atoms with Crippen LogP contribution in [0.15, 0.2) is 66.9 Å². The Bertz CT molecular complexity index is 1260. The van der Waals surface area contributed by atoms with Crippen molar-refractivity contribution in [3.05, 3.63) is 89.6 Å². The maximum atomic E-state index is 13.3. The third-order valence-electron chi connectivity index (χ3n) is 5.32. The number of hydrogen-bond donors (Lipinski definition) is 1. The Morgan fingerprint density at radius 2 is 1.94 bits per heavy atom. The highest BCUT2D eigenvalue weighted by molar-refractivity contribution is 5.78. The second-order valence-corrected chi connectivity index (χ2v) is 7.68. The molecule has 32 heavy (non-hydrogen) atoms. The maximum Gasteiger partial charge on any atom is 0.163 e. The van der Waals surface area contributed by atoms with Crippen LogP contribution in [0, 0.1) is 12.7 Å². The van der Waals surface area contributed by atoms with Gasteiger partial charge in [-0.2, -0.15) is 0 Å². The number of ether oxygens (including phenoxy) is 3. The SMILES string of the molecule is Cc1ccc(O[C@H]2COc3ccc(OCc4ccc5cc(F)ccc5n4)cc3[C@H]2O)cn1. The van der Waals surface area contributed by atoms with Crippen LogP contribution in [0.25, 0.3) is 10.9 Å². The predicted molar refractivity (Wildman–Crippen MR) is 116 cm³/mol. The molecule has 1 N–H and O–H groups in total. The van der Waals surface area contributed by atoms with Crippen LogP contribution in [0.3, 0.4) is 0 Å². The molecule has 0 saturated heterocycles. The average molecular weight is 432 g/mol. The molecule has 1 aliphatic rings. The molecule has 2 aromatic carbocycles. The van der Waals surface area contributed by atoms with Gasteiger partial charge in [-0.25, -0.2) is 9.37 Å². The van der Waals surface area contributed by atoms with Crippen molar-refractivity contribution in [2.75, 3.05) is 6.61 Å². The number of aliphatic hydroxyl groups excluding tert-OH is 1. The number of fused-ring (bicyclic) bond motifs is 2. The Morgan fingerprint density at radius 3 is 2.78 bits per heavy atom. The van der Waals surface area contributed by atoms with Gasteiger partial charge in [-0.3, -0.25) is 4.98 Å². The van der Waals surface area contributed by atoms with Gasteiger partial charge in [0.15, 0.2) is 6.10 Å². The van der Waals surface area contributed by atoms with Gasteiger partial charge in [0.1, 0.15) is 42.4 Å². The summed E-state index contributed by atoms with van der Waals surface area (Å²) in [5, 5.41) is 11.6. The average Bonchev–Trinajstić information content (AvgIpc) is 2.81. The summed E-state index contributed by atoms with van der Waals surface area (Å²) < 4.78 is 30.9. The summed E-state index contributed by atoms with van der Waals surface area (Å²) in [6.07, 6.45) is 0.185. The summed E-state index contributed by atoms with van der Waals surface area (Å²) in [5.41, 5.74) is 2.90. The largest absolute Gasteiger partial charge is 0.489 e. The fraction of sp³-hybridized carbons (Fsp3) is 0.200. The van der Waals surface area contributed by atoms with Crippen molar-refractivity contribution in [3.8, 4) is 17.2 Å². The summed E-state index contributed by atoms with van der Waals surface area (Å²) in [6, 6.07) is 17.1. The molecule has 2 aromatic heterocycles. The molecule has 7 heteroatoms. The standard InChI is InChI=1S/C25H21FN2O4/c1-15-2-6-20(12-27-15)32-24-14-31-23-9-7-19(11-21(23)25(24)29)30-13-18-5-3-16-10-17(26)4-8-22(16)28-18/h2-12,24-25,29H,13-14H2,1H3/t24-,25+/m0/s1. The minimum atomic E-state index is -0.878. The molecule has 0 bridgehead atoms. The molecule has 0 radical (unpaired) electrons. The van der Waals surface area contributed by atoms with Crippen molar-refractivity contribution < 1.29 is 23.7 Å². The number of aryl methyl sites for hydroxylation is 1. The number of halogens is 1. The van der Waals surface area contributed by atoms with Crippen LogP contribution >= 0.6 is 0 Å². The van der Waals surface area contributed by atoms with E-state index in [2.05, 4.69) is 9.97 Å². The van der Waals surface area contributed by atoms with Crippen molar-refractivity contribution in [2.45, 2.75) is 25.7 Å². The van der Waals surface area contributed by atoms with Crippen LogP contribution in [0.1, 0.15) is 23.1 Å². The van der Waals surface area contributed by atoms with E-state index in [9.17, 15) is 9.50 Å². The third-order valence-corrected chi connectivity index (χ3v) is 5.32.